The maximum absolute atomic E-state index is 12.9. The van der Waals surface area contributed by atoms with Crippen molar-refractivity contribution in [2.24, 2.45) is 0 Å². The zero-order valence-electron chi connectivity index (χ0n) is 15.3. The third kappa shape index (κ3) is 3.25. The predicted octanol–water partition coefficient (Wildman–Crippen LogP) is 3.82. The molecule has 0 radical (unpaired) electrons. The van der Waals surface area contributed by atoms with Crippen molar-refractivity contribution in [3.8, 4) is 6.07 Å². The first-order chi connectivity index (χ1) is 13.6. The lowest BCUT2D eigenvalue weighted by Gasteiger charge is -2.41. The molecule has 1 amide bonds. The summed E-state index contributed by atoms with van der Waals surface area (Å²) in [5.41, 5.74) is 8.93. The summed E-state index contributed by atoms with van der Waals surface area (Å²) < 4.78 is 0. The van der Waals surface area contributed by atoms with Gasteiger partial charge in [-0.2, -0.15) is 5.26 Å². The van der Waals surface area contributed by atoms with E-state index in [9.17, 15) is 4.79 Å². The maximum Gasteiger partial charge on any atom is 0.253 e. The highest BCUT2D eigenvalue weighted by molar-refractivity contribution is 7.13. The number of anilines is 1. The lowest BCUT2D eigenvalue weighted by molar-refractivity contribution is 0.0684. The van der Waals surface area contributed by atoms with E-state index in [1.54, 1.807) is 24.3 Å². The molecule has 1 saturated heterocycles. The number of aromatic nitrogens is 1. The summed E-state index contributed by atoms with van der Waals surface area (Å²) in [6.07, 6.45) is 1.56. The van der Waals surface area contributed by atoms with E-state index in [-0.39, 0.29) is 11.3 Å². The van der Waals surface area contributed by atoms with Crippen LogP contribution in [0.1, 0.15) is 40.0 Å². The Morgan fingerprint density at radius 1 is 1.14 bits per heavy atom. The number of thiazole rings is 1. The first kappa shape index (κ1) is 18.2. The summed E-state index contributed by atoms with van der Waals surface area (Å²) >= 11 is 1.45. The Balaban J connectivity index is 1.61. The number of carbonyl (C=O) groups excluding carboxylic acids is 1. The quantitative estimate of drug-likeness (QED) is 0.739. The normalized spacial score (nSPS) is 15.8. The minimum absolute atomic E-state index is 0.0310. The van der Waals surface area contributed by atoms with Crippen LogP contribution in [0.15, 0.2) is 60.0 Å². The van der Waals surface area contributed by atoms with Crippen LogP contribution in [-0.4, -0.2) is 28.9 Å². The van der Waals surface area contributed by atoms with Crippen molar-refractivity contribution in [3.63, 3.8) is 0 Å². The molecule has 3 aromatic rings. The molecule has 28 heavy (non-hydrogen) atoms. The van der Waals surface area contributed by atoms with Crippen LogP contribution < -0.4 is 5.73 Å². The first-order valence-electron chi connectivity index (χ1n) is 9.19. The molecule has 6 heteroatoms. The van der Waals surface area contributed by atoms with Crippen LogP contribution in [0, 0.1) is 11.3 Å². The van der Waals surface area contributed by atoms with Gasteiger partial charge >= 0.3 is 0 Å². The average Bonchev–Trinajstić information content (AvgIpc) is 3.21. The van der Waals surface area contributed by atoms with Gasteiger partial charge in [-0.3, -0.25) is 4.79 Å². The van der Waals surface area contributed by atoms with E-state index >= 15 is 0 Å². The molecule has 2 N–H and O–H groups in total. The maximum atomic E-state index is 12.9. The van der Waals surface area contributed by atoms with Crippen LogP contribution in [0.2, 0.25) is 0 Å². The van der Waals surface area contributed by atoms with Crippen molar-refractivity contribution in [3.05, 3.63) is 82.4 Å². The molecule has 1 aliphatic rings. The first-order valence-corrected chi connectivity index (χ1v) is 10.1. The van der Waals surface area contributed by atoms with Crippen LogP contribution in [0.5, 0.6) is 0 Å². The molecule has 2 aromatic carbocycles. The summed E-state index contributed by atoms with van der Waals surface area (Å²) in [5.74, 6) is -0.0310. The van der Waals surface area contributed by atoms with Gasteiger partial charge in [0.25, 0.3) is 5.91 Å². The van der Waals surface area contributed by atoms with Crippen molar-refractivity contribution in [2.45, 2.75) is 18.3 Å². The fraction of sp³-hybridized carbons (Fsp3) is 0.227. The summed E-state index contributed by atoms with van der Waals surface area (Å²) in [6.45, 7) is 1.25. The van der Waals surface area contributed by atoms with E-state index in [4.69, 9.17) is 11.0 Å². The number of nitrogens with zero attached hydrogens (tertiary/aromatic N) is 3. The molecule has 0 atom stereocenters. The molecule has 0 aliphatic carbocycles. The van der Waals surface area contributed by atoms with E-state index < -0.39 is 0 Å². The van der Waals surface area contributed by atoms with Gasteiger partial charge in [0.05, 0.1) is 17.3 Å². The molecule has 1 aromatic heterocycles. The van der Waals surface area contributed by atoms with Gasteiger partial charge in [0.1, 0.15) is 0 Å². The van der Waals surface area contributed by atoms with Gasteiger partial charge in [-0.25, -0.2) is 4.98 Å². The fourth-order valence-electron chi connectivity index (χ4n) is 3.95. The van der Waals surface area contributed by atoms with E-state index in [2.05, 4.69) is 23.2 Å². The van der Waals surface area contributed by atoms with Crippen molar-refractivity contribution in [1.29, 1.82) is 5.26 Å². The average molecular weight is 388 g/mol. The second-order valence-corrected chi connectivity index (χ2v) is 7.89. The molecular formula is C22H20N4OS. The van der Waals surface area contributed by atoms with Gasteiger partial charge in [-0.05, 0) is 36.6 Å². The van der Waals surface area contributed by atoms with Gasteiger partial charge in [0.15, 0.2) is 5.13 Å². The molecular weight excluding hydrogens is 368 g/mol. The highest BCUT2D eigenvalue weighted by Gasteiger charge is 2.40. The smallest absolute Gasteiger partial charge is 0.253 e. The second-order valence-electron chi connectivity index (χ2n) is 7.00. The Bertz CT molecular complexity index is 1030. The fourth-order valence-corrected chi connectivity index (χ4v) is 4.61. The minimum atomic E-state index is -0.235. The molecule has 0 saturated carbocycles. The van der Waals surface area contributed by atoms with E-state index in [0.29, 0.717) is 29.3 Å². The number of nitriles is 1. The van der Waals surface area contributed by atoms with Gasteiger partial charge in [-0.15, -0.1) is 11.3 Å². The van der Waals surface area contributed by atoms with E-state index in [1.807, 2.05) is 28.5 Å². The largest absolute Gasteiger partial charge is 0.375 e. The minimum Gasteiger partial charge on any atom is -0.375 e. The van der Waals surface area contributed by atoms with Crippen LogP contribution in [0.25, 0.3) is 0 Å². The second kappa shape index (κ2) is 7.45. The van der Waals surface area contributed by atoms with Gasteiger partial charge in [0.2, 0.25) is 0 Å². The Morgan fingerprint density at radius 3 is 2.54 bits per heavy atom. The van der Waals surface area contributed by atoms with Gasteiger partial charge in [0, 0.05) is 29.4 Å². The molecule has 5 nitrogen and oxygen atoms in total. The molecule has 1 aliphatic heterocycles. The summed E-state index contributed by atoms with van der Waals surface area (Å²) in [6, 6.07) is 19.3. The highest BCUT2D eigenvalue weighted by atomic mass is 32.1. The zero-order valence-corrected chi connectivity index (χ0v) is 16.2. The Morgan fingerprint density at radius 2 is 1.89 bits per heavy atom. The van der Waals surface area contributed by atoms with Crippen LogP contribution >= 0.6 is 11.3 Å². The van der Waals surface area contributed by atoms with Crippen molar-refractivity contribution < 1.29 is 4.79 Å². The SMILES string of the molecule is N#Cc1cccc(C(=O)N2CCC(c3ccccc3)(c3csc(N)n3)CC2)c1. The molecule has 1 fully saturated rings. The Kier molecular flexibility index (Phi) is 4.84. The van der Waals surface area contributed by atoms with Crippen molar-refractivity contribution in [2.75, 3.05) is 18.8 Å². The lowest BCUT2D eigenvalue weighted by atomic mass is 9.70. The number of benzene rings is 2. The highest BCUT2D eigenvalue weighted by Crippen LogP contribution is 2.42. The molecule has 2 heterocycles. The number of piperidine rings is 1. The third-order valence-electron chi connectivity index (χ3n) is 5.48. The number of likely N-dealkylation sites (tertiary alicyclic amines) is 1. The van der Waals surface area contributed by atoms with Gasteiger partial charge < -0.3 is 10.6 Å². The number of hydrogen-bond donors (Lipinski definition) is 1. The van der Waals surface area contributed by atoms with Crippen molar-refractivity contribution >= 4 is 22.4 Å². The number of carbonyl (C=O) groups is 1. The zero-order chi connectivity index (χ0) is 19.6. The van der Waals surface area contributed by atoms with Crippen molar-refractivity contribution in [1.82, 2.24) is 9.88 Å². The molecule has 140 valence electrons. The van der Waals surface area contributed by atoms with Crippen LogP contribution in [0.4, 0.5) is 5.13 Å². The monoisotopic (exact) mass is 388 g/mol. The lowest BCUT2D eigenvalue weighted by Crippen LogP contribution is -2.46. The topological polar surface area (TPSA) is 83.0 Å². The summed E-state index contributed by atoms with van der Waals surface area (Å²) in [5, 5.41) is 11.7. The number of amides is 1. The summed E-state index contributed by atoms with van der Waals surface area (Å²) in [7, 11) is 0. The molecule has 0 bridgehead atoms. The number of nitrogens with two attached hydrogens (primary N) is 1. The summed E-state index contributed by atoms with van der Waals surface area (Å²) in [4.78, 5) is 19.4. The Labute approximate surface area is 168 Å². The standard InChI is InChI=1S/C22H20N4OS/c23-14-16-5-4-6-17(13-16)20(27)26-11-9-22(10-12-26,18-7-2-1-3-8-18)19-15-28-21(24)25-19/h1-8,13,15H,9-12H2,(H2,24,25). The Hall–Kier alpha value is -3.17. The molecule has 4 rings (SSSR count). The molecule has 0 unspecified atom stereocenters. The van der Waals surface area contributed by atoms with E-state index in [0.717, 1.165) is 18.5 Å². The molecule has 0 spiro atoms. The predicted molar refractivity (Wildman–Crippen MR) is 110 cm³/mol. The number of hydrogen-bond acceptors (Lipinski definition) is 5. The van der Waals surface area contributed by atoms with Gasteiger partial charge in [-0.1, -0.05) is 36.4 Å². The number of rotatable bonds is 3. The van der Waals surface area contributed by atoms with Crippen LogP contribution in [0.3, 0.4) is 0 Å². The van der Waals surface area contributed by atoms with E-state index in [1.165, 1.54) is 16.9 Å². The van der Waals surface area contributed by atoms with Crippen LogP contribution in [-0.2, 0) is 5.41 Å². The third-order valence-corrected chi connectivity index (χ3v) is 6.16. The number of nitrogen functional groups attached to an aromatic ring is 1.